The zero-order valence-corrected chi connectivity index (χ0v) is 16.0. The van der Waals surface area contributed by atoms with E-state index in [1.54, 1.807) is 0 Å². The van der Waals surface area contributed by atoms with Gasteiger partial charge < -0.3 is 15.4 Å². The molecule has 0 amide bonds. The van der Waals surface area contributed by atoms with Crippen molar-refractivity contribution in [2.45, 2.75) is 31.4 Å². The van der Waals surface area contributed by atoms with Gasteiger partial charge in [0.2, 0.25) is 0 Å². The largest absolute Gasteiger partial charge is 0.488 e. The van der Waals surface area contributed by atoms with Crippen molar-refractivity contribution in [2.75, 3.05) is 18.4 Å². The van der Waals surface area contributed by atoms with E-state index in [-0.39, 0.29) is 0 Å². The van der Waals surface area contributed by atoms with Crippen molar-refractivity contribution in [1.29, 1.82) is 0 Å². The lowest BCUT2D eigenvalue weighted by Crippen LogP contribution is -2.21. The number of rotatable bonds is 4. The number of para-hydroxylation sites is 1. The summed E-state index contributed by atoms with van der Waals surface area (Å²) in [4.78, 5) is 0. The summed E-state index contributed by atoms with van der Waals surface area (Å²) in [5.41, 5.74) is 6.45. The van der Waals surface area contributed by atoms with Crippen LogP contribution in [0.5, 0.6) is 5.75 Å². The molecular weight excluding hydrogens is 344 g/mol. The molecule has 2 aliphatic rings. The van der Waals surface area contributed by atoms with E-state index in [1.807, 2.05) is 6.07 Å². The Kier molecular flexibility index (Phi) is 4.76. The Balaban J connectivity index is 1.50. The molecule has 3 nitrogen and oxygen atoms in total. The van der Waals surface area contributed by atoms with Gasteiger partial charge in [-0.3, -0.25) is 0 Å². The minimum atomic E-state index is 0.531. The van der Waals surface area contributed by atoms with E-state index in [9.17, 15) is 0 Å². The quantitative estimate of drug-likeness (QED) is 0.663. The van der Waals surface area contributed by atoms with Gasteiger partial charge >= 0.3 is 0 Å². The molecule has 2 unspecified atom stereocenters. The van der Waals surface area contributed by atoms with Gasteiger partial charge in [0.05, 0.1) is 0 Å². The predicted molar refractivity (Wildman–Crippen MR) is 115 cm³/mol. The fourth-order valence-corrected chi connectivity index (χ4v) is 4.64. The van der Waals surface area contributed by atoms with E-state index >= 15 is 0 Å². The highest BCUT2D eigenvalue weighted by Crippen LogP contribution is 2.46. The molecule has 0 bridgehead atoms. The lowest BCUT2D eigenvalue weighted by molar-refractivity contribution is 0.307. The molecule has 0 aliphatic carbocycles. The first-order valence-electron chi connectivity index (χ1n) is 10.3. The van der Waals surface area contributed by atoms with Crippen LogP contribution < -0.4 is 15.4 Å². The highest BCUT2D eigenvalue weighted by atomic mass is 16.5. The standard InChI is InChI=1S/C25H26N2O/c1-2-7-18(8-3-1)17-28-24-12-5-4-9-19(24)20-10-6-11-23-25(20)21-13-15-26-16-14-22(21)27-23/h1-12,21-22,26-27H,13-17H2. The molecule has 2 N–H and O–H groups in total. The monoisotopic (exact) mass is 370 g/mol. The van der Waals surface area contributed by atoms with Gasteiger partial charge in [-0.05, 0) is 54.8 Å². The zero-order valence-electron chi connectivity index (χ0n) is 16.0. The third-order valence-electron chi connectivity index (χ3n) is 5.98. The van der Waals surface area contributed by atoms with Crippen molar-refractivity contribution in [3.05, 3.63) is 83.9 Å². The summed E-state index contributed by atoms with van der Waals surface area (Å²) in [6, 6.07) is 26.0. The number of hydrogen-bond donors (Lipinski definition) is 2. The minimum Gasteiger partial charge on any atom is -0.488 e. The Morgan fingerprint density at radius 1 is 0.786 bits per heavy atom. The summed E-state index contributed by atoms with van der Waals surface area (Å²) in [7, 11) is 0. The highest BCUT2D eigenvalue weighted by Gasteiger charge is 2.35. The maximum Gasteiger partial charge on any atom is 0.127 e. The number of ether oxygens (including phenoxy) is 1. The molecule has 0 radical (unpaired) electrons. The van der Waals surface area contributed by atoms with Gasteiger partial charge in [0, 0.05) is 23.2 Å². The first-order chi connectivity index (χ1) is 13.9. The number of nitrogens with one attached hydrogen (secondary N) is 2. The van der Waals surface area contributed by atoms with Crippen LogP contribution in [0, 0.1) is 0 Å². The molecule has 1 fully saturated rings. The Morgan fingerprint density at radius 3 is 2.50 bits per heavy atom. The van der Waals surface area contributed by atoms with Crippen molar-refractivity contribution in [3.63, 3.8) is 0 Å². The number of anilines is 1. The van der Waals surface area contributed by atoms with Crippen LogP contribution in [-0.2, 0) is 6.61 Å². The topological polar surface area (TPSA) is 33.3 Å². The molecule has 5 rings (SSSR count). The SMILES string of the molecule is c1ccc(COc2ccccc2-c2cccc3c2C2CCNCCC2N3)cc1. The summed E-state index contributed by atoms with van der Waals surface area (Å²) < 4.78 is 6.27. The van der Waals surface area contributed by atoms with E-state index in [0.717, 1.165) is 18.8 Å². The van der Waals surface area contributed by atoms with Crippen LogP contribution in [0.1, 0.15) is 29.9 Å². The number of hydrogen-bond acceptors (Lipinski definition) is 3. The summed E-state index contributed by atoms with van der Waals surface area (Å²) in [6.07, 6.45) is 2.35. The van der Waals surface area contributed by atoms with Crippen LogP contribution in [0.2, 0.25) is 0 Å². The summed E-state index contributed by atoms with van der Waals surface area (Å²) in [5.74, 6) is 1.51. The molecule has 28 heavy (non-hydrogen) atoms. The fourth-order valence-electron chi connectivity index (χ4n) is 4.64. The van der Waals surface area contributed by atoms with Crippen molar-refractivity contribution < 1.29 is 4.74 Å². The van der Waals surface area contributed by atoms with Crippen LogP contribution in [-0.4, -0.2) is 19.1 Å². The fraction of sp³-hybridized carbons (Fsp3) is 0.280. The van der Waals surface area contributed by atoms with Gasteiger partial charge in [0.1, 0.15) is 12.4 Å². The zero-order chi connectivity index (χ0) is 18.8. The molecule has 1 saturated heterocycles. The minimum absolute atomic E-state index is 0.531. The Labute approximate surface area is 166 Å². The number of benzene rings is 3. The maximum absolute atomic E-state index is 6.27. The molecule has 2 atom stereocenters. The molecular formula is C25H26N2O. The van der Waals surface area contributed by atoms with Crippen LogP contribution >= 0.6 is 0 Å². The molecule has 2 aliphatic heterocycles. The second kappa shape index (κ2) is 7.69. The first kappa shape index (κ1) is 17.3. The normalized spacial score (nSPS) is 20.6. The van der Waals surface area contributed by atoms with E-state index in [4.69, 9.17) is 4.74 Å². The third-order valence-corrected chi connectivity index (χ3v) is 5.98. The highest BCUT2D eigenvalue weighted by molar-refractivity contribution is 5.81. The molecule has 3 aromatic rings. The van der Waals surface area contributed by atoms with Gasteiger partial charge in [0.25, 0.3) is 0 Å². The van der Waals surface area contributed by atoms with Crippen molar-refractivity contribution in [3.8, 4) is 16.9 Å². The smallest absolute Gasteiger partial charge is 0.127 e. The summed E-state index contributed by atoms with van der Waals surface area (Å²) in [6.45, 7) is 2.76. The van der Waals surface area contributed by atoms with Crippen LogP contribution in [0.25, 0.3) is 11.1 Å². The average molecular weight is 370 g/mol. The molecule has 3 aromatic carbocycles. The van der Waals surface area contributed by atoms with Crippen molar-refractivity contribution in [2.24, 2.45) is 0 Å². The summed E-state index contributed by atoms with van der Waals surface area (Å²) in [5, 5.41) is 7.33. The molecule has 0 aromatic heterocycles. The molecule has 0 saturated carbocycles. The Bertz CT molecular complexity index is 954. The lowest BCUT2D eigenvalue weighted by atomic mass is 9.85. The first-order valence-corrected chi connectivity index (χ1v) is 10.3. The van der Waals surface area contributed by atoms with Gasteiger partial charge in [-0.2, -0.15) is 0 Å². The molecule has 142 valence electrons. The van der Waals surface area contributed by atoms with E-state index in [2.05, 4.69) is 77.4 Å². The molecule has 2 heterocycles. The van der Waals surface area contributed by atoms with Crippen molar-refractivity contribution in [1.82, 2.24) is 5.32 Å². The van der Waals surface area contributed by atoms with E-state index in [0.29, 0.717) is 18.6 Å². The van der Waals surface area contributed by atoms with Gasteiger partial charge in [-0.15, -0.1) is 0 Å². The van der Waals surface area contributed by atoms with Gasteiger partial charge in [-0.1, -0.05) is 60.7 Å². The molecule has 0 spiro atoms. The lowest BCUT2D eigenvalue weighted by Gasteiger charge is -2.19. The number of fused-ring (bicyclic) bond motifs is 3. The Hall–Kier alpha value is -2.78. The Morgan fingerprint density at radius 2 is 1.57 bits per heavy atom. The van der Waals surface area contributed by atoms with Crippen LogP contribution in [0.3, 0.4) is 0 Å². The van der Waals surface area contributed by atoms with Crippen LogP contribution in [0.15, 0.2) is 72.8 Å². The van der Waals surface area contributed by atoms with Gasteiger partial charge in [-0.25, -0.2) is 0 Å². The van der Waals surface area contributed by atoms with E-state index < -0.39 is 0 Å². The van der Waals surface area contributed by atoms with Crippen LogP contribution in [0.4, 0.5) is 5.69 Å². The van der Waals surface area contributed by atoms with Crippen molar-refractivity contribution >= 4 is 5.69 Å². The summed E-state index contributed by atoms with van der Waals surface area (Å²) >= 11 is 0. The maximum atomic E-state index is 6.27. The molecule has 3 heteroatoms. The third kappa shape index (κ3) is 3.27. The second-order valence-electron chi connectivity index (χ2n) is 7.72. The van der Waals surface area contributed by atoms with E-state index in [1.165, 1.54) is 40.8 Å². The average Bonchev–Trinajstić information content (AvgIpc) is 2.94. The predicted octanol–water partition coefficient (Wildman–Crippen LogP) is 5.19. The second-order valence-corrected chi connectivity index (χ2v) is 7.72. The van der Waals surface area contributed by atoms with Gasteiger partial charge in [0.15, 0.2) is 0 Å².